The first-order valence-corrected chi connectivity index (χ1v) is 5.18. The van der Waals surface area contributed by atoms with Crippen molar-refractivity contribution in [1.29, 1.82) is 0 Å². The Labute approximate surface area is 84.5 Å². The molecule has 1 fully saturated rings. The van der Waals surface area contributed by atoms with Crippen molar-refractivity contribution < 1.29 is 20.1 Å². The number of ether oxygens (including phenoxy) is 1. The Balaban J connectivity index is 2.36. The number of aliphatic hydroxyl groups excluding tert-OH is 2. The molecular weight excluding hydrogens is 184 g/mol. The third kappa shape index (κ3) is 2.25. The van der Waals surface area contributed by atoms with Crippen molar-refractivity contribution in [3.8, 4) is 0 Å². The van der Waals surface area contributed by atoms with Crippen LogP contribution in [0.4, 0.5) is 0 Å². The molecule has 0 saturated heterocycles. The summed E-state index contributed by atoms with van der Waals surface area (Å²) in [6, 6.07) is 0. The highest BCUT2D eigenvalue weighted by Crippen LogP contribution is 2.46. The van der Waals surface area contributed by atoms with Gasteiger partial charge in [-0.2, -0.15) is 0 Å². The van der Waals surface area contributed by atoms with Crippen LogP contribution >= 0.6 is 0 Å². The molecule has 4 unspecified atom stereocenters. The van der Waals surface area contributed by atoms with Crippen LogP contribution in [-0.2, 0) is 4.74 Å². The summed E-state index contributed by atoms with van der Waals surface area (Å²) in [5.74, 6) is -0.464. The fraction of sp³-hybridized carbons (Fsp3) is 1.00. The lowest BCUT2D eigenvalue weighted by Crippen LogP contribution is -2.55. The summed E-state index contributed by atoms with van der Waals surface area (Å²) in [5.41, 5.74) is 0. The Morgan fingerprint density at radius 3 is 2.64 bits per heavy atom. The van der Waals surface area contributed by atoms with Crippen molar-refractivity contribution in [2.75, 3.05) is 13.2 Å². The highest BCUT2D eigenvalue weighted by molar-refractivity contribution is 4.93. The van der Waals surface area contributed by atoms with Crippen LogP contribution in [0, 0.1) is 11.8 Å². The third-order valence-corrected chi connectivity index (χ3v) is 3.06. The van der Waals surface area contributed by atoms with Gasteiger partial charge in [0.25, 0.3) is 0 Å². The minimum atomic E-state index is -1.08. The van der Waals surface area contributed by atoms with E-state index in [1.165, 1.54) is 0 Å². The van der Waals surface area contributed by atoms with Gasteiger partial charge >= 0.3 is 0 Å². The van der Waals surface area contributed by atoms with Gasteiger partial charge in [0.2, 0.25) is 0 Å². The lowest BCUT2D eigenvalue weighted by Gasteiger charge is -2.49. The van der Waals surface area contributed by atoms with E-state index in [1.807, 2.05) is 6.92 Å². The molecule has 0 spiro atoms. The fourth-order valence-corrected chi connectivity index (χ4v) is 2.22. The van der Waals surface area contributed by atoms with E-state index < -0.39 is 11.9 Å². The topological polar surface area (TPSA) is 69.9 Å². The van der Waals surface area contributed by atoms with Gasteiger partial charge in [0.15, 0.2) is 5.79 Å². The van der Waals surface area contributed by atoms with Crippen LogP contribution in [0.5, 0.6) is 0 Å². The second-order valence-electron chi connectivity index (χ2n) is 4.19. The second kappa shape index (κ2) is 4.57. The van der Waals surface area contributed by atoms with Crippen LogP contribution in [0.3, 0.4) is 0 Å². The average Bonchev–Trinajstić information content (AvgIpc) is 2.14. The zero-order valence-corrected chi connectivity index (χ0v) is 8.81. The number of hydrogen-bond donors (Lipinski definition) is 3. The van der Waals surface area contributed by atoms with E-state index in [0.29, 0.717) is 12.3 Å². The average molecular weight is 204 g/mol. The molecule has 0 aromatic carbocycles. The summed E-state index contributed by atoms with van der Waals surface area (Å²) in [5, 5.41) is 27.6. The van der Waals surface area contributed by atoms with E-state index in [4.69, 9.17) is 14.9 Å². The van der Waals surface area contributed by atoms with Crippen molar-refractivity contribution in [2.45, 2.75) is 38.6 Å². The minimum absolute atomic E-state index is 0.00375. The molecule has 1 rings (SSSR count). The van der Waals surface area contributed by atoms with Crippen molar-refractivity contribution in [1.82, 2.24) is 0 Å². The molecule has 4 heteroatoms. The smallest absolute Gasteiger partial charge is 0.168 e. The molecule has 3 N–H and O–H groups in total. The molecule has 1 aliphatic carbocycles. The van der Waals surface area contributed by atoms with Gasteiger partial charge in [-0.1, -0.05) is 13.8 Å². The monoisotopic (exact) mass is 204 g/mol. The van der Waals surface area contributed by atoms with Crippen molar-refractivity contribution in [3.63, 3.8) is 0 Å². The van der Waals surface area contributed by atoms with Crippen LogP contribution in [0.1, 0.15) is 26.7 Å². The first kappa shape index (κ1) is 11.9. The van der Waals surface area contributed by atoms with E-state index >= 15 is 0 Å². The molecule has 0 amide bonds. The van der Waals surface area contributed by atoms with Gasteiger partial charge in [0.05, 0.1) is 13.2 Å². The zero-order chi connectivity index (χ0) is 10.8. The molecular formula is C10H20O4. The lowest BCUT2D eigenvalue weighted by atomic mass is 9.67. The Hall–Kier alpha value is -0.160. The predicted molar refractivity (Wildman–Crippen MR) is 51.6 cm³/mol. The Bertz CT molecular complexity index is 185. The summed E-state index contributed by atoms with van der Waals surface area (Å²) in [4.78, 5) is 0. The first-order chi connectivity index (χ1) is 6.53. The quantitative estimate of drug-likeness (QED) is 0.556. The molecule has 4 atom stereocenters. The normalized spacial score (nSPS) is 39.2. The molecule has 0 aromatic heterocycles. The van der Waals surface area contributed by atoms with E-state index in [9.17, 15) is 5.11 Å². The summed E-state index contributed by atoms with van der Waals surface area (Å²) >= 11 is 0. The Morgan fingerprint density at radius 1 is 1.57 bits per heavy atom. The third-order valence-electron chi connectivity index (χ3n) is 3.06. The van der Waals surface area contributed by atoms with Crippen LogP contribution in [0.25, 0.3) is 0 Å². The number of hydrogen-bond acceptors (Lipinski definition) is 4. The van der Waals surface area contributed by atoms with E-state index in [1.54, 1.807) is 0 Å². The van der Waals surface area contributed by atoms with Gasteiger partial charge in [0, 0.05) is 12.3 Å². The van der Waals surface area contributed by atoms with Gasteiger partial charge in [-0.05, 0) is 12.3 Å². The van der Waals surface area contributed by atoms with Crippen LogP contribution in [-0.4, -0.2) is 40.4 Å². The van der Waals surface area contributed by atoms with Gasteiger partial charge < -0.3 is 20.1 Å². The molecule has 0 radical (unpaired) electrons. The maximum absolute atomic E-state index is 9.97. The molecule has 0 aliphatic heterocycles. The summed E-state index contributed by atoms with van der Waals surface area (Å²) in [6.07, 6.45) is 0.587. The van der Waals surface area contributed by atoms with Gasteiger partial charge in [-0.15, -0.1) is 0 Å². The van der Waals surface area contributed by atoms with Crippen LogP contribution < -0.4 is 0 Å². The highest BCUT2D eigenvalue weighted by Gasteiger charge is 2.50. The van der Waals surface area contributed by atoms with Gasteiger partial charge in [-0.25, -0.2) is 0 Å². The molecule has 0 heterocycles. The fourth-order valence-electron chi connectivity index (χ4n) is 2.22. The lowest BCUT2D eigenvalue weighted by molar-refractivity contribution is -0.312. The molecule has 4 nitrogen and oxygen atoms in total. The minimum Gasteiger partial charge on any atom is -0.394 e. The van der Waals surface area contributed by atoms with Gasteiger partial charge in [-0.3, -0.25) is 0 Å². The predicted octanol–water partition coefficient (Wildman–Crippen LogP) is 0.111. The summed E-state index contributed by atoms with van der Waals surface area (Å²) in [7, 11) is 0. The van der Waals surface area contributed by atoms with E-state index in [0.717, 1.165) is 6.42 Å². The Morgan fingerprint density at radius 2 is 2.21 bits per heavy atom. The largest absolute Gasteiger partial charge is 0.394 e. The molecule has 0 bridgehead atoms. The highest BCUT2D eigenvalue weighted by atomic mass is 16.6. The molecule has 1 aliphatic rings. The second-order valence-corrected chi connectivity index (χ2v) is 4.19. The summed E-state index contributed by atoms with van der Waals surface area (Å²) in [6.45, 7) is 3.75. The Kier molecular flexibility index (Phi) is 3.89. The maximum atomic E-state index is 9.97. The van der Waals surface area contributed by atoms with Crippen molar-refractivity contribution >= 4 is 0 Å². The van der Waals surface area contributed by atoms with Crippen LogP contribution in [0.15, 0.2) is 0 Å². The van der Waals surface area contributed by atoms with Crippen LogP contribution in [0.2, 0.25) is 0 Å². The van der Waals surface area contributed by atoms with Gasteiger partial charge in [0.1, 0.15) is 6.10 Å². The molecule has 1 saturated carbocycles. The number of rotatable bonds is 5. The van der Waals surface area contributed by atoms with E-state index in [-0.39, 0.29) is 19.1 Å². The molecule has 84 valence electrons. The summed E-state index contributed by atoms with van der Waals surface area (Å²) < 4.78 is 5.24. The van der Waals surface area contributed by atoms with Crippen molar-refractivity contribution in [2.24, 2.45) is 11.8 Å². The molecule has 14 heavy (non-hydrogen) atoms. The molecule has 0 aromatic rings. The number of aliphatic hydroxyl groups is 3. The van der Waals surface area contributed by atoms with Crippen molar-refractivity contribution in [3.05, 3.63) is 0 Å². The zero-order valence-electron chi connectivity index (χ0n) is 8.81. The standard InChI is InChI=1S/C10H20O4/c1-3-9-7(2)4-10(9,13)14-6-8(12)5-11/h7-9,11-13H,3-6H2,1-2H3. The first-order valence-electron chi connectivity index (χ1n) is 5.18. The maximum Gasteiger partial charge on any atom is 0.168 e. The SMILES string of the molecule is CCC1C(C)CC1(O)OCC(O)CO. The van der Waals surface area contributed by atoms with E-state index in [2.05, 4.69) is 6.92 Å².